The molecule has 5 rings (SSSR count). The summed E-state index contributed by atoms with van der Waals surface area (Å²) in [7, 11) is 0. The number of nitrogens with zero attached hydrogens (tertiary/aromatic N) is 3. The fraction of sp³-hybridized carbons (Fsp3) is 0.324. The molecule has 6 nitrogen and oxygen atoms in total. The topological polar surface area (TPSA) is 77.2 Å². The summed E-state index contributed by atoms with van der Waals surface area (Å²) in [4.78, 5) is 14.2. The number of carbonyl (C=O) groups is 1. The monoisotopic (exact) mass is 609 g/mol. The van der Waals surface area contributed by atoms with Crippen LogP contribution in [0.1, 0.15) is 81.0 Å². The van der Waals surface area contributed by atoms with Crippen LogP contribution in [0.5, 0.6) is 5.75 Å². The third-order valence-electron chi connectivity index (χ3n) is 8.33. The third kappa shape index (κ3) is 7.13. The van der Waals surface area contributed by atoms with Crippen molar-refractivity contribution in [2.75, 3.05) is 6.61 Å². The predicted molar refractivity (Wildman–Crippen MR) is 177 cm³/mol. The summed E-state index contributed by atoms with van der Waals surface area (Å²) < 4.78 is 5.57. The Bertz CT molecular complexity index is 1650. The number of fused-ring (bicyclic) bond motifs is 1. The van der Waals surface area contributed by atoms with E-state index in [9.17, 15) is 9.90 Å². The van der Waals surface area contributed by atoms with E-state index < -0.39 is 5.41 Å². The highest BCUT2D eigenvalue weighted by Crippen LogP contribution is 2.45. The second kappa shape index (κ2) is 14.5. The fourth-order valence-corrected chi connectivity index (χ4v) is 5.92. The molecule has 1 aromatic heterocycles. The van der Waals surface area contributed by atoms with Gasteiger partial charge < -0.3 is 9.84 Å². The van der Waals surface area contributed by atoms with Gasteiger partial charge in [0.05, 0.1) is 6.61 Å². The minimum Gasteiger partial charge on any atom is -0.505 e. The number of phenolic OH excluding ortho intramolecular Hbond substituents is 1. The van der Waals surface area contributed by atoms with E-state index in [2.05, 4.69) is 48.3 Å². The number of unbranched alkanes of at least 4 members (excludes halogenated alkanes) is 5. The van der Waals surface area contributed by atoms with Gasteiger partial charge in [-0.3, -0.25) is 4.79 Å². The Morgan fingerprint density at radius 1 is 0.841 bits per heavy atom. The molecule has 0 spiro atoms. The minimum atomic E-state index is -0.717. The number of hydrogen-bond donors (Lipinski definition) is 1. The lowest BCUT2D eigenvalue weighted by Crippen LogP contribution is -2.26. The maximum absolute atomic E-state index is 12.7. The number of benzene rings is 4. The Morgan fingerprint density at radius 3 is 2.16 bits per heavy atom. The van der Waals surface area contributed by atoms with Gasteiger partial charge in [-0.05, 0) is 60.7 Å². The molecule has 0 bridgehead atoms. The highest BCUT2D eigenvalue weighted by atomic mass is 35.5. The van der Waals surface area contributed by atoms with Crippen LogP contribution in [0, 0.1) is 0 Å². The van der Waals surface area contributed by atoms with Gasteiger partial charge in [0.25, 0.3) is 0 Å². The molecule has 0 aliphatic rings. The van der Waals surface area contributed by atoms with Gasteiger partial charge in [-0.1, -0.05) is 117 Å². The van der Waals surface area contributed by atoms with Gasteiger partial charge in [0.1, 0.15) is 22.5 Å². The fourth-order valence-electron chi connectivity index (χ4n) is 5.76. The van der Waals surface area contributed by atoms with Crippen LogP contribution in [0.2, 0.25) is 5.02 Å². The van der Waals surface area contributed by atoms with Gasteiger partial charge in [-0.15, -0.1) is 15.0 Å². The van der Waals surface area contributed by atoms with Crippen LogP contribution in [0.15, 0.2) is 91.0 Å². The second-order valence-electron chi connectivity index (χ2n) is 11.5. The molecule has 0 saturated carbocycles. The van der Waals surface area contributed by atoms with Crippen LogP contribution >= 0.6 is 11.6 Å². The van der Waals surface area contributed by atoms with Gasteiger partial charge in [0.15, 0.2) is 0 Å². The van der Waals surface area contributed by atoms with E-state index in [-0.39, 0.29) is 18.1 Å². The lowest BCUT2D eigenvalue weighted by atomic mass is 9.70. The molecule has 228 valence electrons. The molecule has 7 heteroatoms. The van der Waals surface area contributed by atoms with E-state index in [1.807, 2.05) is 48.5 Å². The number of carbonyl (C=O) groups excluding carboxylic acids is 1. The first kappa shape index (κ1) is 31.3. The number of aromatic hydroxyl groups is 1. The van der Waals surface area contributed by atoms with Crippen molar-refractivity contribution < 1.29 is 14.6 Å². The first-order chi connectivity index (χ1) is 21.4. The normalized spacial score (nSPS) is 11.6. The Kier molecular flexibility index (Phi) is 10.3. The molecular formula is C37H40ClN3O3. The van der Waals surface area contributed by atoms with Crippen molar-refractivity contribution in [3.63, 3.8) is 0 Å². The van der Waals surface area contributed by atoms with Crippen molar-refractivity contribution >= 4 is 28.6 Å². The number of rotatable bonds is 14. The van der Waals surface area contributed by atoms with Crippen LogP contribution in [0.25, 0.3) is 16.7 Å². The zero-order chi connectivity index (χ0) is 30.9. The quantitative estimate of drug-likeness (QED) is 0.0772. The van der Waals surface area contributed by atoms with Crippen LogP contribution in [-0.2, 0) is 21.4 Å². The molecule has 0 aliphatic carbocycles. The van der Waals surface area contributed by atoms with E-state index >= 15 is 0 Å². The van der Waals surface area contributed by atoms with Crippen LogP contribution in [0.4, 0.5) is 0 Å². The molecule has 1 heterocycles. The van der Waals surface area contributed by atoms with E-state index in [0.717, 1.165) is 29.5 Å². The summed E-state index contributed by atoms with van der Waals surface area (Å²) in [5.41, 5.74) is 4.61. The van der Waals surface area contributed by atoms with Crippen molar-refractivity contribution in [3.8, 4) is 11.4 Å². The molecule has 5 aromatic rings. The Balaban J connectivity index is 1.50. The predicted octanol–water partition coefficient (Wildman–Crippen LogP) is 8.97. The average molecular weight is 610 g/mol. The van der Waals surface area contributed by atoms with Crippen LogP contribution < -0.4 is 0 Å². The molecule has 0 aliphatic heterocycles. The number of ether oxygens (including phenoxy) is 1. The molecule has 0 radical (unpaired) electrons. The van der Waals surface area contributed by atoms with Crippen molar-refractivity contribution in [3.05, 3.63) is 118 Å². The van der Waals surface area contributed by atoms with E-state index in [4.69, 9.17) is 16.3 Å². The van der Waals surface area contributed by atoms with Crippen LogP contribution in [0.3, 0.4) is 0 Å². The lowest BCUT2D eigenvalue weighted by Gasteiger charge is -2.33. The maximum atomic E-state index is 12.7. The Morgan fingerprint density at radius 2 is 1.48 bits per heavy atom. The van der Waals surface area contributed by atoms with E-state index in [1.54, 1.807) is 18.2 Å². The molecule has 1 N–H and O–H groups in total. The van der Waals surface area contributed by atoms with Crippen molar-refractivity contribution in [1.29, 1.82) is 0 Å². The summed E-state index contributed by atoms with van der Waals surface area (Å²) in [5, 5.41) is 21.9. The number of halogens is 1. The highest BCUT2D eigenvalue weighted by Gasteiger charge is 2.35. The number of esters is 1. The smallest absolute Gasteiger partial charge is 0.306 e. The average Bonchev–Trinajstić information content (AvgIpc) is 3.47. The molecule has 44 heavy (non-hydrogen) atoms. The number of aromatic nitrogens is 3. The summed E-state index contributed by atoms with van der Waals surface area (Å²) in [6, 6.07) is 29.4. The highest BCUT2D eigenvalue weighted by molar-refractivity contribution is 6.31. The van der Waals surface area contributed by atoms with Gasteiger partial charge in [0.2, 0.25) is 0 Å². The zero-order valence-electron chi connectivity index (χ0n) is 25.5. The molecule has 0 saturated heterocycles. The molecule has 0 atom stereocenters. The van der Waals surface area contributed by atoms with Crippen molar-refractivity contribution in [1.82, 2.24) is 15.0 Å². The largest absolute Gasteiger partial charge is 0.505 e. The standard InChI is InChI=1S/C37H40ClN3O3/c1-3-4-5-6-7-14-23-44-35(42)22-19-27-24-31(37(2,28-15-10-8-11-16-28)29-17-12-9-13-18-29)36(43)34(25-27)41-39-32-21-20-30(38)26-33(32)40-41/h8-13,15-18,20-21,24-26,43H,3-7,14,19,22-23H2,1-2H3. The molecule has 0 fully saturated rings. The molecule has 0 unspecified atom stereocenters. The minimum absolute atomic E-state index is 0.0704. The maximum Gasteiger partial charge on any atom is 0.306 e. The summed E-state index contributed by atoms with van der Waals surface area (Å²) in [6.45, 7) is 4.76. The Hall–Kier alpha value is -4.16. The summed E-state index contributed by atoms with van der Waals surface area (Å²) in [5.74, 6) is -0.151. The second-order valence-corrected chi connectivity index (χ2v) is 11.9. The zero-order valence-corrected chi connectivity index (χ0v) is 26.3. The summed E-state index contributed by atoms with van der Waals surface area (Å²) >= 11 is 6.23. The van der Waals surface area contributed by atoms with Crippen LogP contribution in [-0.4, -0.2) is 32.7 Å². The molecular weight excluding hydrogens is 570 g/mol. The van der Waals surface area contributed by atoms with Crippen molar-refractivity contribution in [2.24, 2.45) is 0 Å². The van der Waals surface area contributed by atoms with E-state index in [0.29, 0.717) is 40.3 Å². The van der Waals surface area contributed by atoms with Crippen molar-refractivity contribution in [2.45, 2.75) is 70.6 Å². The lowest BCUT2D eigenvalue weighted by molar-refractivity contribution is -0.143. The molecule has 4 aromatic carbocycles. The van der Waals surface area contributed by atoms with Gasteiger partial charge in [-0.2, -0.15) is 0 Å². The summed E-state index contributed by atoms with van der Waals surface area (Å²) in [6.07, 6.45) is 7.51. The number of aryl methyl sites for hydroxylation is 1. The first-order valence-corrected chi connectivity index (χ1v) is 15.9. The van der Waals surface area contributed by atoms with E-state index in [1.165, 1.54) is 30.5 Å². The first-order valence-electron chi connectivity index (χ1n) is 15.6. The molecule has 0 amide bonds. The number of hydrogen-bond acceptors (Lipinski definition) is 5. The van der Waals surface area contributed by atoms with Gasteiger partial charge >= 0.3 is 5.97 Å². The van der Waals surface area contributed by atoms with Gasteiger partial charge in [-0.25, -0.2) is 0 Å². The third-order valence-corrected chi connectivity index (χ3v) is 8.56. The van der Waals surface area contributed by atoms with Gasteiger partial charge in [0, 0.05) is 22.4 Å². The SMILES string of the molecule is CCCCCCCCOC(=O)CCc1cc(-n2nc3ccc(Cl)cc3n2)c(O)c(C(C)(c2ccccc2)c2ccccc2)c1. The number of phenols is 1. The Labute approximate surface area is 264 Å².